The molecule has 0 amide bonds. The highest BCUT2D eigenvalue weighted by Gasteiger charge is 2.40. The minimum atomic E-state index is 0.628. The Morgan fingerprint density at radius 2 is 2.00 bits per heavy atom. The first kappa shape index (κ1) is 20.9. The SMILES string of the molecule is CCCCN1CCCN2C(c3cccn3CCCNCCC(C)C)CCC12. The first-order valence-electron chi connectivity index (χ1n) is 11.6. The predicted molar refractivity (Wildman–Crippen MR) is 115 cm³/mol. The monoisotopic (exact) mass is 374 g/mol. The van der Waals surface area contributed by atoms with E-state index in [2.05, 4.69) is 58.8 Å². The molecule has 0 aliphatic carbocycles. The number of aromatic nitrogens is 1. The summed E-state index contributed by atoms with van der Waals surface area (Å²) in [5.74, 6) is 0.797. The molecule has 2 atom stereocenters. The zero-order valence-electron chi connectivity index (χ0n) is 18.0. The standard InChI is InChI=1S/C23H42N4/c1-4-5-15-26-18-8-19-27-22(10-11-23(26)27)21-9-6-16-25(21)17-7-13-24-14-12-20(2)3/h6,9,16,20,22-24H,4-5,7-8,10-15,17-19H2,1-3H3. The average molecular weight is 375 g/mol. The molecule has 0 bridgehead atoms. The van der Waals surface area contributed by atoms with Crippen LogP contribution < -0.4 is 5.32 Å². The van der Waals surface area contributed by atoms with Gasteiger partial charge in [0.1, 0.15) is 0 Å². The Morgan fingerprint density at radius 1 is 1.11 bits per heavy atom. The van der Waals surface area contributed by atoms with Gasteiger partial charge < -0.3 is 9.88 Å². The molecule has 2 unspecified atom stereocenters. The number of nitrogens with zero attached hydrogens (tertiary/aromatic N) is 3. The highest BCUT2D eigenvalue weighted by molar-refractivity contribution is 5.15. The van der Waals surface area contributed by atoms with Gasteiger partial charge in [-0.3, -0.25) is 9.80 Å². The average Bonchev–Trinajstić information content (AvgIpc) is 3.29. The highest BCUT2D eigenvalue weighted by atomic mass is 15.4. The summed E-state index contributed by atoms with van der Waals surface area (Å²) in [6, 6.07) is 5.26. The number of nitrogens with one attached hydrogen (secondary N) is 1. The number of rotatable bonds is 11. The minimum Gasteiger partial charge on any atom is -0.350 e. The lowest BCUT2D eigenvalue weighted by atomic mass is 10.1. The molecular formula is C23H42N4. The van der Waals surface area contributed by atoms with E-state index in [0.717, 1.165) is 25.6 Å². The molecule has 2 saturated heterocycles. The van der Waals surface area contributed by atoms with Gasteiger partial charge in [-0.2, -0.15) is 0 Å². The van der Waals surface area contributed by atoms with E-state index >= 15 is 0 Å². The van der Waals surface area contributed by atoms with E-state index in [9.17, 15) is 0 Å². The molecule has 1 aromatic rings. The molecule has 4 nitrogen and oxygen atoms in total. The molecule has 0 saturated carbocycles. The van der Waals surface area contributed by atoms with Crippen molar-refractivity contribution in [2.75, 3.05) is 32.7 Å². The van der Waals surface area contributed by atoms with Crippen LogP contribution in [0, 0.1) is 5.92 Å². The third-order valence-electron chi connectivity index (χ3n) is 6.42. The van der Waals surface area contributed by atoms with E-state index in [1.807, 2.05) is 0 Å². The summed E-state index contributed by atoms with van der Waals surface area (Å²) in [7, 11) is 0. The van der Waals surface area contributed by atoms with Crippen molar-refractivity contribution in [2.45, 2.75) is 84.5 Å². The Labute approximate surface area is 167 Å². The third kappa shape index (κ3) is 5.58. The summed E-state index contributed by atoms with van der Waals surface area (Å²) in [5, 5.41) is 3.61. The minimum absolute atomic E-state index is 0.628. The van der Waals surface area contributed by atoms with Gasteiger partial charge in [0.15, 0.2) is 0 Å². The van der Waals surface area contributed by atoms with Crippen molar-refractivity contribution >= 4 is 0 Å². The molecule has 1 N–H and O–H groups in total. The van der Waals surface area contributed by atoms with Gasteiger partial charge in [0, 0.05) is 31.5 Å². The van der Waals surface area contributed by atoms with Gasteiger partial charge in [-0.15, -0.1) is 0 Å². The Balaban J connectivity index is 1.51. The van der Waals surface area contributed by atoms with Gasteiger partial charge in [0.05, 0.1) is 12.2 Å². The smallest absolute Gasteiger partial charge is 0.0628 e. The summed E-state index contributed by atoms with van der Waals surface area (Å²) >= 11 is 0. The van der Waals surface area contributed by atoms with Crippen molar-refractivity contribution in [2.24, 2.45) is 5.92 Å². The second kappa shape index (κ2) is 10.6. The second-order valence-electron chi connectivity index (χ2n) is 8.97. The Hall–Kier alpha value is -0.840. The van der Waals surface area contributed by atoms with Gasteiger partial charge in [0.2, 0.25) is 0 Å². The maximum absolute atomic E-state index is 3.61. The lowest BCUT2D eigenvalue weighted by Gasteiger charge is -2.42. The van der Waals surface area contributed by atoms with Crippen molar-refractivity contribution in [3.05, 3.63) is 24.0 Å². The normalized spacial score (nSPS) is 24.0. The summed E-state index contributed by atoms with van der Waals surface area (Å²) in [6.45, 7) is 14.2. The molecule has 1 aromatic heterocycles. The summed E-state index contributed by atoms with van der Waals surface area (Å²) in [5.41, 5.74) is 1.55. The van der Waals surface area contributed by atoms with Crippen LogP contribution in [0.15, 0.2) is 18.3 Å². The topological polar surface area (TPSA) is 23.4 Å². The van der Waals surface area contributed by atoms with E-state index in [1.54, 1.807) is 5.69 Å². The van der Waals surface area contributed by atoms with Crippen molar-refractivity contribution in [1.82, 2.24) is 19.7 Å². The van der Waals surface area contributed by atoms with Gasteiger partial charge in [0.25, 0.3) is 0 Å². The van der Waals surface area contributed by atoms with Gasteiger partial charge in [-0.1, -0.05) is 27.2 Å². The number of hydrogen-bond donors (Lipinski definition) is 1. The fourth-order valence-electron chi connectivity index (χ4n) is 4.91. The quantitative estimate of drug-likeness (QED) is 0.578. The molecule has 2 fully saturated rings. The summed E-state index contributed by atoms with van der Waals surface area (Å²) < 4.78 is 2.53. The van der Waals surface area contributed by atoms with E-state index in [1.165, 1.54) is 64.6 Å². The van der Waals surface area contributed by atoms with Crippen LogP contribution in [-0.2, 0) is 6.54 Å². The number of unbranched alkanes of at least 4 members (excludes halogenated alkanes) is 1. The first-order chi connectivity index (χ1) is 13.2. The van der Waals surface area contributed by atoms with Gasteiger partial charge >= 0.3 is 0 Å². The van der Waals surface area contributed by atoms with Crippen molar-refractivity contribution in [3.63, 3.8) is 0 Å². The number of aryl methyl sites for hydroxylation is 1. The van der Waals surface area contributed by atoms with Crippen LogP contribution in [0.25, 0.3) is 0 Å². The zero-order chi connectivity index (χ0) is 19.1. The largest absolute Gasteiger partial charge is 0.350 e. The lowest BCUT2D eigenvalue weighted by Crippen LogP contribution is -2.51. The van der Waals surface area contributed by atoms with Crippen molar-refractivity contribution in [1.29, 1.82) is 0 Å². The van der Waals surface area contributed by atoms with Crippen molar-refractivity contribution < 1.29 is 0 Å². The van der Waals surface area contributed by atoms with E-state index in [0.29, 0.717) is 12.2 Å². The van der Waals surface area contributed by atoms with E-state index < -0.39 is 0 Å². The molecule has 4 heteroatoms. The Bertz CT molecular complexity index is 538. The fourth-order valence-corrected chi connectivity index (χ4v) is 4.91. The molecule has 0 radical (unpaired) electrons. The Morgan fingerprint density at radius 3 is 2.81 bits per heavy atom. The van der Waals surface area contributed by atoms with Crippen molar-refractivity contribution in [3.8, 4) is 0 Å². The summed E-state index contributed by atoms with van der Waals surface area (Å²) in [4.78, 5) is 5.57. The fraction of sp³-hybridized carbons (Fsp3) is 0.826. The van der Waals surface area contributed by atoms with Crippen LogP contribution in [0.2, 0.25) is 0 Å². The molecule has 3 heterocycles. The van der Waals surface area contributed by atoms with E-state index in [4.69, 9.17) is 0 Å². The van der Waals surface area contributed by atoms with Gasteiger partial charge in [-0.05, 0) is 76.2 Å². The maximum Gasteiger partial charge on any atom is 0.0628 e. The first-order valence-corrected chi connectivity index (χ1v) is 11.6. The molecule has 0 aromatic carbocycles. The molecule has 154 valence electrons. The van der Waals surface area contributed by atoms with Crippen LogP contribution in [0.4, 0.5) is 0 Å². The highest BCUT2D eigenvalue weighted by Crippen LogP contribution is 2.39. The van der Waals surface area contributed by atoms with Gasteiger partial charge in [-0.25, -0.2) is 0 Å². The Kier molecular flexibility index (Phi) is 8.23. The predicted octanol–water partition coefficient (Wildman–Crippen LogP) is 4.48. The molecule has 0 spiro atoms. The zero-order valence-corrected chi connectivity index (χ0v) is 18.0. The molecule has 2 aliphatic rings. The molecular weight excluding hydrogens is 332 g/mol. The molecule has 3 rings (SSSR count). The maximum atomic E-state index is 3.61. The van der Waals surface area contributed by atoms with Crippen LogP contribution in [0.3, 0.4) is 0 Å². The van der Waals surface area contributed by atoms with Crippen LogP contribution in [-0.4, -0.2) is 53.3 Å². The van der Waals surface area contributed by atoms with Crippen LogP contribution in [0.5, 0.6) is 0 Å². The third-order valence-corrected chi connectivity index (χ3v) is 6.42. The molecule has 2 aliphatic heterocycles. The lowest BCUT2D eigenvalue weighted by molar-refractivity contribution is 0.0114. The van der Waals surface area contributed by atoms with E-state index in [-0.39, 0.29) is 0 Å². The number of fused-ring (bicyclic) bond motifs is 1. The number of hydrogen-bond acceptors (Lipinski definition) is 3. The second-order valence-corrected chi connectivity index (χ2v) is 8.97. The van der Waals surface area contributed by atoms with Crippen LogP contribution >= 0.6 is 0 Å². The summed E-state index contributed by atoms with van der Waals surface area (Å²) in [6.07, 6.45) is 12.1. The molecule has 27 heavy (non-hydrogen) atoms. The van der Waals surface area contributed by atoms with Crippen LogP contribution in [0.1, 0.15) is 77.5 Å².